The number of ether oxygens (including phenoxy) is 1. The van der Waals surface area contributed by atoms with Crippen LogP contribution < -0.4 is 16.0 Å². The van der Waals surface area contributed by atoms with Crippen LogP contribution in [0.1, 0.15) is 54.9 Å². The van der Waals surface area contributed by atoms with Crippen LogP contribution in [0.3, 0.4) is 0 Å². The SMILES string of the molecule is CCC(=O)N=C(NC(=O)OC)Nc1cc(C(=O)c2ccccc2)ccc1NC(=O)C1CCCC1. The van der Waals surface area contributed by atoms with E-state index >= 15 is 0 Å². The molecule has 0 saturated heterocycles. The fourth-order valence-corrected chi connectivity index (χ4v) is 3.64. The summed E-state index contributed by atoms with van der Waals surface area (Å²) in [7, 11) is 1.18. The number of ketones is 1. The van der Waals surface area contributed by atoms with E-state index in [1.54, 1.807) is 49.4 Å². The van der Waals surface area contributed by atoms with Crippen molar-refractivity contribution >= 4 is 41.0 Å². The quantitative estimate of drug-likeness (QED) is 0.336. The van der Waals surface area contributed by atoms with Crippen molar-refractivity contribution in [3.8, 4) is 0 Å². The summed E-state index contributed by atoms with van der Waals surface area (Å²) in [5, 5.41) is 8.13. The number of carbonyl (C=O) groups excluding carboxylic acids is 4. The Balaban J connectivity index is 1.97. The minimum atomic E-state index is -0.830. The van der Waals surface area contributed by atoms with Gasteiger partial charge in [0.15, 0.2) is 5.78 Å². The monoisotopic (exact) mass is 464 g/mol. The predicted octanol–water partition coefficient (Wildman–Crippen LogP) is 4.11. The predicted molar refractivity (Wildman–Crippen MR) is 129 cm³/mol. The van der Waals surface area contributed by atoms with E-state index in [4.69, 9.17) is 0 Å². The summed E-state index contributed by atoms with van der Waals surface area (Å²) >= 11 is 0. The zero-order valence-corrected chi connectivity index (χ0v) is 19.2. The molecule has 0 bridgehead atoms. The summed E-state index contributed by atoms with van der Waals surface area (Å²) in [6.45, 7) is 1.63. The first-order valence-corrected chi connectivity index (χ1v) is 11.2. The van der Waals surface area contributed by atoms with Gasteiger partial charge >= 0.3 is 6.09 Å². The molecule has 34 heavy (non-hydrogen) atoms. The second-order valence-corrected chi connectivity index (χ2v) is 7.88. The van der Waals surface area contributed by atoms with Crippen molar-refractivity contribution in [2.75, 3.05) is 17.7 Å². The Hall–Kier alpha value is -4.01. The molecule has 0 spiro atoms. The average molecular weight is 465 g/mol. The molecular weight excluding hydrogens is 436 g/mol. The van der Waals surface area contributed by atoms with Crippen LogP contribution in [-0.2, 0) is 14.3 Å². The van der Waals surface area contributed by atoms with E-state index in [1.165, 1.54) is 7.11 Å². The molecule has 0 atom stereocenters. The Morgan fingerprint density at radius 2 is 1.65 bits per heavy atom. The average Bonchev–Trinajstić information content (AvgIpc) is 3.40. The van der Waals surface area contributed by atoms with Crippen LogP contribution in [0.15, 0.2) is 53.5 Å². The number of hydrogen-bond donors (Lipinski definition) is 3. The first-order chi connectivity index (χ1) is 16.4. The van der Waals surface area contributed by atoms with Crippen LogP contribution in [0.4, 0.5) is 16.2 Å². The van der Waals surface area contributed by atoms with Gasteiger partial charge in [-0.1, -0.05) is 50.1 Å². The molecule has 1 aliphatic rings. The third kappa shape index (κ3) is 6.50. The van der Waals surface area contributed by atoms with Gasteiger partial charge in [0.1, 0.15) is 0 Å². The number of nitrogens with zero attached hydrogens (tertiary/aromatic N) is 1. The van der Waals surface area contributed by atoms with Gasteiger partial charge in [-0.05, 0) is 31.0 Å². The number of guanidine groups is 1. The molecule has 0 radical (unpaired) electrons. The lowest BCUT2D eigenvalue weighted by Crippen LogP contribution is -2.37. The van der Waals surface area contributed by atoms with Crippen molar-refractivity contribution < 1.29 is 23.9 Å². The number of carbonyl (C=O) groups is 4. The lowest BCUT2D eigenvalue weighted by molar-refractivity contribution is -0.119. The highest BCUT2D eigenvalue weighted by atomic mass is 16.5. The maximum Gasteiger partial charge on any atom is 0.413 e. The Bertz CT molecular complexity index is 1090. The number of methoxy groups -OCH3 is 1. The molecule has 0 aliphatic heterocycles. The maximum absolute atomic E-state index is 13.0. The van der Waals surface area contributed by atoms with Crippen LogP contribution in [0.2, 0.25) is 0 Å². The molecule has 3 rings (SSSR count). The molecule has 0 heterocycles. The zero-order chi connectivity index (χ0) is 24.5. The van der Waals surface area contributed by atoms with Crippen molar-refractivity contribution in [1.29, 1.82) is 0 Å². The highest BCUT2D eigenvalue weighted by Crippen LogP contribution is 2.29. The van der Waals surface area contributed by atoms with Crippen molar-refractivity contribution in [2.45, 2.75) is 39.0 Å². The summed E-state index contributed by atoms with van der Waals surface area (Å²) in [5.74, 6) is -1.08. The second kappa shape index (κ2) is 11.7. The summed E-state index contributed by atoms with van der Waals surface area (Å²) < 4.78 is 4.61. The molecule has 9 heteroatoms. The van der Waals surface area contributed by atoms with Gasteiger partial charge in [0.05, 0.1) is 18.5 Å². The Kier molecular flexibility index (Phi) is 8.50. The summed E-state index contributed by atoms with van der Waals surface area (Å²) in [4.78, 5) is 53.3. The fourth-order valence-electron chi connectivity index (χ4n) is 3.64. The van der Waals surface area contributed by atoms with Gasteiger partial charge in [0, 0.05) is 23.5 Å². The highest BCUT2D eigenvalue weighted by Gasteiger charge is 2.24. The molecule has 0 unspecified atom stereocenters. The molecule has 2 aromatic carbocycles. The summed E-state index contributed by atoms with van der Waals surface area (Å²) in [6.07, 6.45) is 2.94. The van der Waals surface area contributed by atoms with E-state index in [0.29, 0.717) is 22.5 Å². The number of alkyl carbamates (subject to hydrolysis) is 1. The second-order valence-electron chi connectivity index (χ2n) is 7.88. The van der Waals surface area contributed by atoms with Crippen molar-refractivity contribution in [1.82, 2.24) is 5.32 Å². The number of anilines is 2. The van der Waals surface area contributed by atoms with Gasteiger partial charge in [-0.2, -0.15) is 4.99 Å². The number of benzene rings is 2. The molecule has 1 fully saturated rings. The minimum Gasteiger partial charge on any atom is -0.453 e. The topological polar surface area (TPSA) is 126 Å². The van der Waals surface area contributed by atoms with Crippen LogP contribution >= 0.6 is 0 Å². The Morgan fingerprint density at radius 1 is 0.941 bits per heavy atom. The number of nitrogens with one attached hydrogen (secondary N) is 3. The third-order valence-electron chi connectivity index (χ3n) is 5.50. The molecular formula is C25H28N4O5. The van der Waals surface area contributed by atoms with Gasteiger partial charge in [-0.25, -0.2) is 4.79 Å². The fraction of sp³-hybridized carbons (Fsp3) is 0.320. The van der Waals surface area contributed by atoms with Gasteiger partial charge in [-0.15, -0.1) is 0 Å². The normalized spacial score (nSPS) is 13.8. The van der Waals surface area contributed by atoms with Crippen LogP contribution in [0.25, 0.3) is 0 Å². The van der Waals surface area contributed by atoms with Gasteiger partial charge < -0.3 is 15.4 Å². The van der Waals surface area contributed by atoms with Gasteiger partial charge in [0.2, 0.25) is 17.8 Å². The van der Waals surface area contributed by atoms with Crippen molar-refractivity contribution in [3.63, 3.8) is 0 Å². The summed E-state index contributed by atoms with van der Waals surface area (Å²) in [5.41, 5.74) is 1.54. The molecule has 1 saturated carbocycles. The Morgan fingerprint density at radius 3 is 2.29 bits per heavy atom. The number of hydrogen-bond acceptors (Lipinski definition) is 5. The van der Waals surface area contributed by atoms with E-state index in [9.17, 15) is 19.2 Å². The van der Waals surface area contributed by atoms with E-state index < -0.39 is 12.0 Å². The first-order valence-electron chi connectivity index (χ1n) is 11.2. The maximum atomic E-state index is 13.0. The highest BCUT2D eigenvalue weighted by molar-refractivity contribution is 6.13. The van der Waals surface area contributed by atoms with Gasteiger partial charge in [0.25, 0.3) is 0 Å². The van der Waals surface area contributed by atoms with E-state index in [0.717, 1.165) is 25.7 Å². The third-order valence-corrected chi connectivity index (χ3v) is 5.50. The molecule has 9 nitrogen and oxygen atoms in total. The molecule has 3 N–H and O–H groups in total. The molecule has 1 aliphatic carbocycles. The van der Waals surface area contributed by atoms with Crippen molar-refractivity contribution in [3.05, 3.63) is 59.7 Å². The number of rotatable bonds is 6. The van der Waals surface area contributed by atoms with Crippen LogP contribution in [-0.4, -0.2) is 36.8 Å². The Labute approximate surface area is 198 Å². The molecule has 3 amide bonds. The van der Waals surface area contributed by atoms with Crippen molar-refractivity contribution in [2.24, 2.45) is 10.9 Å². The van der Waals surface area contributed by atoms with E-state index in [2.05, 4.69) is 25.7 Å². The van der Waals surface area contributed by atoms with Gasteiger partial charge in [-0.3, -0.25) is 19.7 Å². The summed E-state index contributed by atoms with van der Waals surface area (Å²) in [6, 6.07) is 13.5. The van der Waals surface area contributed by atoms with E-state index in [-0.39, 0.29) is 30.0 Å². The van der Waals surface area contributed by atoms with Crippen LogP contribution in [0, 0.1) is 5.92 Å². The van der Waals surface area contributed by atoms with Crippen LogP contribution in [0.5, 0.6) is 0 Å². The molecule has 178 valence electrons. The largest absolute Gasteiger partial charge is 0.453 e. The molecule has 0 aromatic heterocycles. The smallest absolute Gasteiger partial charge is 0.413 e. The molecule has 2 aromatic rings. The minimum absolute atomic E-state index is 0.0820. The standard InChI is InChI=1S/C25H28N4O5/c1-3-21(30)28-24(29-25(33)34-2)27-20-15-18(22(31)16-9-5-4-6-10-16)13-14-19(20)26-23(32)17-11-7-8-12-17/h4-6,9-10,13-15,17H,3,7-8,11-12H2,1-2H3,(H,26,32)(H2,27,28,29,30,33). The lowest BCUT2D eigenvalue weighted by Gasteiger charge is -2.17. The lowest BCUT2D eigenvalue weighted by atomic mass is 10.0. The first kappa shape index (κ1) is 24.6. The number of amides is 3. The zero-order valence-electron chi connectivity index (χ0n) is 19.2. The number of aliphatic imine (C=N–C) groups is 1. The van der Waals surface area contributed by atoms with E-state index in [1.807, 2.05) is 6.07 Å².